The molecule has 5 rings (SSSR count). The number of fused-ring (bicyclic) bond motifs is 1. The van der Waals surface area contributed by atoms with E-state index in [2.05, 4.69) is 40.8 Å². The molecule has 0 aliphatic carbocycles. The first kappa shape index (κ1) is 16.4. The van der Waals surface area contributed by atoms with Crippen LogP contribution < -0.4 is 5.32 Å². The number of anilines is 2. The minimum absolute atomic E-state index is 0.723. The largest absolute Gasteiger partial charge is 0.328 e. The normalized spacial score (nSPS) is 15.4. The summed E-state index contributed by atoms with van der Waals surface area (Å²) in [6, 6.07) is 2.12. The van der Waals surface area contributed by atoms with Crippen molar-refractivity contribution in [3.8, 4) is 11.3 Å². The highest BCUT2D eigenvalue weighted by Crippen LogP contribution is 2.27. The van der Waals surface area contributed by atoms with Crippen LogP contribution in [-0.4, -0.2) is 46.9 Å². The Morgan fingerprint density at radius 3 is 2.93 bits per heavy atom. The van der Waals surface area contributed by atoms with Gasteiger partial charge in [-0.1, -0.05) is 6.42 Å². The number of nitrogens with zero attached hydrogens (tertiary/aromatic N) is 6. The van der Waals surface area contributed by atoms with Gasteiger partial charge in [0.2, 0.25) is 0 Å². The Morgan fingerprint density at radius 1 is 1.15 bits per heavy atom. The van der Waals surface area contributed by atoms with E-state index in [9.17, 15) is 0 Å². The van der Waals surface area contributed by atoms with Gasteiger partial charge in [0.25, 0.3) is 0 Å². The highest BCUT2D eigenvalue weighted by Gasteiger charge is 2.14. The maximum absolute atomic E-state index is 4.60. The van der Waals surface area contributed by atoms with Crippen LogP contribution in [0.3, 0.4) is 0 Å². The minimum Gasteiger partial charge on any atom is -0.328 e. The van der Waals surface area contributed by atoms with Gasteiger partial charge in [-0.05, 0) is 43.5 Å². The summed E-state index contributed by atoms with van der Waals surface area (Å²) < 4.78 is 6.61. The van der Waals surface area contributed by atoms with Crippen LogP contribution in [0.4, 0.5) is 10.8 Å². The first-order valence-corrected chi connectivity index (χ1v) is 9.90. The molecule has 2 N–H and O–H groups in total. The summed E-state index contributed by atoms with van der Waals surface area (Å²) >= 11 is 1.47. The smallest absolute Gasteiger partial charge is 0.180 e. The van der Waals surface area contributed by atoms with E-state index in [4.69, 9.17) is 0 Å². The average Bonchev–Trinajstić information content (AvgIpc) is 3.43. The van der Waals surface area contributed by atoms with Crippen LogP contribution in [0.25, 0.3) is 16.9 Å². The van der Waals surface area contributed by atoms with Crippen molar-refractivity contribution in [1.29, 1.82) is 0 Å². The number of piperidine rings is 1. The van der Waals surface area contributed by atoms with Crippen molar-refractivity contribution in [2.45, 2.75) is 25.8 Å². The quantitative estimate of drug-likeness (QED) is 0.552. The molecule has 0 unspecified atom stereocenters. The van der Waals surface area contributed by atoms with Gasteiger partial charge in [0.1, 0.15) is 5.00 Å². The van der Waals surface area contributed by atoms with Crippen LogP contribution in [0.15, 0.2) is 37.1 Å². The van der Waals surface area contributed by atoms with E-state index in [-0.39, 0.29) is 0 Å². The molecule has 0 spiro atoms. The van der Waals surface area contributed by atoms with E-state index in [1.165, 1.54) is 43.9 Å². The van der Waals surface area contributed by atoms with Gasteiger partial charge >= 0.3 is 0 Å². The summed E-state index contributed by atoms with van der Waals surface area (Å²) in [7, 11) is 0. The molecular formula is C18H20N8S. The van der Waals surface area contributed by atoms with Crippen molar-refractivity contribution < 1.29 is 0 Å². The molecule has 0 bridgehead atoms. The maximum atomic E-state index is 4.60. The number of aromatic amines is 1. The molecular weight excluding hydrogens is 360 g/mol. The SMILES string of the molecule is c1cn2c(-c3cn[nH]c3)cnc2c(Nc2cc(CN3CCCCC3)ns2)n1. The summed E-state index contributed by atoms with van der Waals surface area (Å²) in [6.07, 6.45) is 13.1. The van der Waals surface area contributed by atoms with Crippen LogP contribution >= 0.6 is 11.5 Å². The second-order valence-corrected chi connectivity index (χ2v) is 7.55. The number of hydrogen-bond acceptors (Lipinski definition) is 7. The first-order chi connectivity index (χ1) is 13.4. The lowest BCUT2D eigenvalue weighted by atomic mass is 10.1. The highest BCUT2D eigenvalue weighted by molar-refractivity contribution is 7.10. The maximum Gasteiger partial charge on any atom is 0.180 e. The van der Waals surface area contributed by atoms with Crippen LogP contribution in [-0.2, 0) is 6.54 Å². The van der Waals surface area contributed by atoms with Crippen molar-refractivity contribution in [2.24, 2.45) is 0 Å². The molecule has 0 atom stereocenters. The highest BCUT2D eigenvalue weighted by atomic mass is 32.1. The molecule has 1 saturated heterocycles. The lowest BCUT2D eigenvalue weighted by Gasteiger charge is -2.25. The van der Waals surface area contributed by atoms with Gasteiger partial charge in [-0.15, -0.1) is 0 Å². The molecule has 1 aliphatic rings. The van der Waals surface area contributed by atoms with Crippen LogP contribution in [0.5, 0.6) is 0 Å². The predicted octanol–water partition coefficient (Wildman–Crippen LogP) is 3.31. The molecule has 9 heteroatoms. The summed E-state index contributed by atoms with van der Waals surface area (Å²) in [5.41, 5.74) is 3.85. The molecule has 0 aromatic carbocycles. The van der Waals surface area contributed by atoms with Crippen molar-refractivity contribution in [1.82, 2.24) is 33.8 Å². The van der Waals surface area contributed by atoms with Crippen LogP contribution in [0, 0.1) is 0 Å². The van der Waals surface area contributed by atoms with E-state index < -0.39 is 0 Å². The number of aromatic nitrogens is 6. The van der Waals surface area contributed by atoms with Gasteiger partial charge in [-0.2, -0.15) is 9.47 Å². The lowest BCUT2D eigenvalue weighted by molar-refractivity contribution is 0.219. The van der Waals surface area contributed by atoms with Gasteiger partial charge in [0.15, 0.2) is 11.5 Å². The fourth-order valence-electron chi connectivity index (χ4n) is 3.52. The standard InChI is InChI=1S/C18H20N8S/c1-2-5-25(6-3-1)12-14-8-16(27-24-14)23-17-18-20-11-15(13-9-21-22-10-13)26(18)7-4-19-17/h4,7-11H,1-3,5-6,12H2,(H,19,23)(H,21,22). The molecule has 1 aliphatic heterocycles. The third-order valence-corrected chi connectivity index (χ3v) is 5.60. The number of hydrogen-bond donors (Lipinski definition) is 2. The number of H-pyrrole nitrogens is 1. The number of rotatable bonds is 5. The van der Waals surface area contributed by atoms with Gasteiger partial charge in [-0.25, -0.2) is 9.97 Å². The number of nitrogens with one attached hydrogen (secondary N) is 2. The van der Waals surface area contributed by atoms with E-state index in [0.717, 1.165) is 40.0 Å². The van der Waals surface area contributed by atoms with Gasteiger partial charge < -0.3 is 5.32 Å². The van der Waals surface area contributed by atoms with Crippen LogP contribution in [0.2, 0.25) is 0 Å². The fraction of sp³-hybridized carbons (Fsp3) is 0.333. The Balaban J connectivity index is 1.37. The molecule has 138 valence electrons. The summed E-state index contributed by atoms with van der Waals surface area (Å²) in [5, 5.41) is 11.2. The van der Waals surface area contributed by atoms with Crippen molar-refractivity contribution in [2.75, 3.05) is 18.4 Å². The number of likely N-dealkylation sites (tertiary alicyclic amines) is 1. The molecule has 4 aromatic heterocycles. The lowest BCUT2D eigenvalue weighted by Crippen LogP contribution is -2.29. The zero-order chi connectivity index (χ0) is 18.1. The second kappa shape index (κ2) is 7.09. The van der Waals surface area contributed by atoms with E-state index >= 15 is 0 Å². The van der Waals surface area contributed by atoms with Crippen molar-refractivity contribution >= 4 is 28.0 Å². The first-order valence-electron chi connectivity index (χ1n) is 9.13. The molecule has 27 heavy (non-hydrogen) atoms. The molecule has 1 fully saturated rings. The third-order valence-electron chi connectivity index (χ3n) is 4.86. The van der Waals surface area contributed by atoms with E-state index in [0.29, 0.717) is 0 Å². The van der Waals surface area contributed by atoms with Gasteiger partial charge in [0, 0.05) is 30.7 Å². The molecule has 5 heterocycles. The Morgan fingerprint density at radius 2 is 2.07 bits per heavy atom. The monoisotopic (exact) mass is 380 g/mol. The number of imidazole rings is 1. The fourth-order valence-corrected chi connectivity index (χ4v) is 4.18. The Bertz CT molecular complexity index is 1030. The molecule has 8 nitrogen and oxygen atoms in total. The third kappa shape index (κ3) is 3.31. The van der Waals surface area contributed by atoms with Gasteiger partial charge in [0.05, 0.1) is 23.8 Å². The predicted molar refractivity (Wildman–Crippen MR) is 105 cm³/mol. The van der Waals surface area contributed by atoms with Gasteiger partial charge in [-0.3, -0.25) is 14.4 Å². The molecule has 0 saturated carbocycles. The van der Waals surface area contributed by atoms with E-state index in [1.807, 2.05) is 23.0 Å². The summed E-state index contributed by atoms with van der Waals surface area (Å²) in [5.74, 6) is 0.723. The molecule has 0 radical (unpaired) electrons. The van der Waals surface area contributed by atoms with Crippen LogP contribution in [0.1, 0.15) is 25.0 Å². The Kier molecular flexibility index (Phi) is 4.30. The molecule has 0 amide bonds. The zero-order valence-corrected chi connectivity index (χ0v) is 15.6. The van der Waals surface area contributed by atoms with Crippen molar-refractivity contribution in [3.63, 3.8) is 0 Å². The second-order valence-electron chi connectivity index (χ2n) is 6.74. The Hall–Kier alpha value is -2.78. The molecule has 4 aromatic rings. The van der Waals surface area contributed by atoms with E-state index in [1.54, 1.807) is 12.4 Å². The van der Waals surface area contributed by atoms with Crippen molar-refractivity contribution in [3.05, 3.63) is 42.7 Å². The summed E-state index contributed by atoms with van der Waals surface area (Å²) in [6.45, 7) is 3.27. The topological polar surface area (TPSA) is 87.0 Å². The minimum atomic E-state index is 0.723. The average molecular weight is 380 g/mol. The zero-order valence-electron chi connectivity index (χ0n) is 14.8. The Labute approximate surface area is 160 Å². The summed E-state index contributed by atoms with van der Waals surface area (Å²) in [4.78, 5) is 11.5.